The lowest BCUT2D eigenvalue weighted by Crippen LogP contribution is -2.46. The van der Waals surface area contributed by atoms with Gasteiger partial charge in [0, 0.05) is 5.92 Å². The molecule has 5 aliphatic rings. The summed E-state index contributed by atoms with van der Waals surface area (Å²) in [5.74, 6) is -1.96. The Morgan fingerprint density at radius 2 is 1.48 bits per heavy atom. The number of fused-ring (bicyclic) bond motifs is 15. The molecule has 7 atom stereocenters. The Labute approximate surface area is 171 Å². The molecule has 3 fully saturated rings. The number of hydrogen-bond donors (Lipinski definition) is 0. The van der Waals surface area contributed by atoms with Crippen LogP contribution in [0.25, 0.3) is 0 Å². The first-order valence-electron chi connectivity index (χ1n) is 9.60. The standard InChI is InChI=1S/C20H15BrF6N2/c21-29-18(20(25,26)27)16-12-6-11(15(16)17(28-29)19(22,23)24)13-9-5-10(14(12)13)8-4-2-1-3-7(8)9/h1-4,9-15H,5-6H2/t9-,10+,11-,12+,13-,14+,15-/m1/s1. The molecule has 0 N–H and O–H groups in total. The number of rotatable bonds is 0. The molecule has 0 saturated heterocycles. The second-order valence-corrected chi connectivity index (χ2v) is 9.43. The topological polar surface area (TPSA) is 15.6 Å². The Hall–Kier alpha value is -1.51. The molecule has 3 saturated carbocycles. The zero-order valence-electron chi connectivity index (χ0n) is 14.8. The average molecular weight is 477 g/mol. The van der Waals surface area contributed by atoms with Gasteiger partial charge < -0.3 is 0 Å². The average Bonchev–Trinajstić information content (AvgIpc) is 3.35. The van der Waals surface area contributed by atoms with Gasteiger partial charge in [-0.3, -0.25) is 0 Å². The van der Waals surface area contributed by atoms with E-state index in [1.165, 1.54) is 11.1 Å². The van der Waals surface area contributed by atoms with E-state index in [0.717, 1.165) is 6.42 Å². The lowest BCUT2D eigenvalue weighted by Gasteiger charge is -2.44. The van der Waals surface area contributed by atoms with Gasteiger partial charge in [-0.05, 0) is 65.0 Å². The molecule has 0 spiro atoms. The molecule has 29 heavy (non-hydrogen) atoms. The molecule has 2 nitrogen and oxygen atoms in total. The third-order valence-corrected chi connectivity index (χ3v) is 8.34. The van der Waals surface area contributed by atoms with Crippen LogP contribution in [0.3, 0.4) is 0 Å². The first kappa shape index (κ1) is 18.3. The third-order valence-electron chi connectivity index (χ3n) is 7.83. The zero-order valence-corrected chi connectivity index (χ0v) is 16.4. The quantitative estimate of drug-likeness (QED) is 0.250. The van der Waals surface area contributed by atoms with E-state index in [9.17, 15) is 26.3 Å². The predicted molar refractivity (Wildman–Crippen MR) is 95.9 cm³/mol. The van der Waals surface area contributed by atoms with Gasteiger partial charge in [0.05, 0.1) is 16.1 Å². The van der Waals surface area contributed by atoms with Gasteiger partial charge in [-0.1, -0.05) is 24.3 Å². The van der Waals surface area contributed by atoms with E-state index in [0.29, 0.717) is 6.42 Å². The van der Waals surface area contributed by atoms with Gasteiger partial charge >= 0.3 is 12.4 Å². The monoisotopic (exact) mass is 476 g/mol. The molecule has 0 aromatic heterocycles. The Kier molecular flexibility index (Phi) is 3.40. The molecule has 154 valence electrons. The van der Waals surface area contributed by atoms with E-state index in [4.69, 9.17) is 0 Å². The second-order valence-electron chi connectivity index (χ2n) is 8.76. The number of benzene rings is 1. The number of hydrazone groups is 1. The lowest BCUT2D eigenvalue weighted by molar-refractivity contribution is -0.108. The summed E-state index contributed by atoms with van der Waals surface area (Å²) >= 11 is 2.64. The minimum absolute atomic E-state index is 0.00226. The van der Waals surface area contributed by atoms with Crippen molar-refractivity contribution >= 4 is 21.9 Å². The van der Waals surface area contributed by atoms with Crippen molar-refractivity contribution in [3.05, 3.63) is 46.7 Å². The lowest BCUT2D eigenvalue weighted by atomic mass is 9.62. The molecule has 1 heterocycles. The van der Waals surface area contributed by atoms with Crippen LogP contribution in [0, 0.1) is 29.6 Å². The number of allylic oxidation sites excluding steroid dienone is 2. The van der Waals surface area contributed by atoms with Crippen molar-refractivity contribution in [1.29, 1.82) is 0 Å². The van der Waals surface area contributed by atoms with Crippen LogP contribution in [0.1, 0.15) is 35.8 Å². The van der Waals surface area contributed by atoms with Crippen LogP contribution in [-0.4, -0.2) is 22.1 Å². The highest BCUT2D eigenvalue weighted by molar-refractivity contribution is 9.07. The van der Waals surface area contributed by atoms with Crippen molar-refractivity contribution in [3.63, 3.8) is 0 Å². The van der Waals surface area contributed by atoms with Gasteiger partial charge in [0.15, 0.2) is 11.4 Å². The maximum atomic E-state index is 13.9. The van der Waals surface area contributed by atoms with E-state index in [1.807, 2.05) is 24.3 Å². The highest BCUT2D eigenvalue weighted by atomic mass is 79.9. The second kappa shape index (κ2) is 5.39. The Morgan fingerprint density at radius 1 is 0.862 bits per heavy atom. The van der Waals surface area contributed by atoms with Crippen molar-refractivity contribution < 1.29 is 26.3 Å². The van der Waals surface area contributed by atoms with E-state index in [2.05, 4.69) is 21.2 Å². The van der Waals surface area contributed by atoms with Crippen LogP contribution < -0.4 is 0 Å². The first-order valence-corrected chi connectivity index (χ1v) is 10.3. The maximum Gasteiger partial charge on any atom is 0.433 e. The van der Waals surface area contributed by atoms with Crippen LogP contribution >= 0.6 is 16.1 Å². The molecule has 0 unspecified atom stereocenters. The van der Waals surface area contributed by atoms with Gasteiger partial charge in [-0.15, -0.1) is 0 Å². The summed E-state index contributed by atoms with van der Waals surface area (Å²) in [4.78, 5) is 0. The van der Waals surface area contributed by atoms with E-state index in [1.54, 1.807) is 0 Å². The van der Waals surface area contributed by atoms with Gasteiger partial charge in [0.2, 0.25) is 0 Å². The van der Waals surface area contributed by atoms with Gasteiger partial charge in [0.25, 0.3) is 0 Å². The molecule has 0 amide bonds. The number of hydrogen-bond acceptors (Lipinski definition) is 2. The van der Waals surface area contributed by atoms with E-state index in [-0.39, 0.29) is 33.3 Å². The summed E-state index contributed by atoms with van der Waals surface area (Å²) in [6, 6.07) is 7.92. The minimum Gasteiger partial charge on any atom is -0.192 e. The van der Waals surface area contributed by atoms with Crippen molar-refractivity contribution in [2.75, 3.05) is 0 Å². The molecule has 0 radical (unpaired) electrons. The van der Waals surface area contributed by atoms with Crippen LogP contribution in [0.15, 0.2) is 40.6 Å². The minimum atomic E-state index is -4.77. The fraction of sp³-hybridized carbons (Fsp3) is 0.550. The summed E-state index contributed by atoms with van der Waals surface area (Å²) in [6.07, 6.45) is -8.33. The van der Waals surface area contributed by atoms with Crippen LogP contribution in [0.2, 0.25) is 0 Å². The Balaban J connectivity index is 1.53. The SMILES string of the molecule is FC(F)(F)C1=NN(Br)C(C(F)(F)F)=C2[C@H]1[C@@H]1C[C@H]2[C@H]2[C@@H]1[C@@H]1C[C@H]2c2ccccc21. The van der Waals surface area contributed by atoms with Crippen molar-refractivity contribution in [2.24, 2.45) is 34.7 Å². The molecular weight excluding hydrogens is 462 g/mol. The van der Waals surface area contributed by atoms with Crippen molar-refractivity contribution in [3.8, 4) is 0 Å². The number of alkyl halides is 6. The molecular formula is C20H15BrF6N2. The molecule has 1 aromatic carbocycles. The zero-order chi connectivity index (χ0) is 20.5. The van der Waals surface area contributed by atoms with Gasteiger partial charge in [-0.2, -0.15) is 35.5 Å². The summed E-state index contributed by atoms with van der Waals surface area (Å²) < 4.78 is 83.2. The smallest absolute Gasteiger partial charge is 0.192 e. The maximum absolute atomic E-state index is 13.9. The fourth-order valence-corrected chi connectivity index (χ4v) is 7.94. The number of halogens is 7. The molecule has 9 heteroatoms. The molecule has 1 aliphatic heterocycles. The summed E-state index contributed by atoms with van der Waals surface area (Å²) in [5, 5.41) is 3.35. The summed E-state index contributed by atoms with van der Waals surface area (Å²) in [7, 11) is 0. The van der Waals surface area contributed by atoms with Gasteiger partial charge in [0.1, 0.15) is 0 Å². The first-order chi connectivity index (χ1) is 13.6. The fourth-order valence-electron chi connectivity index (χ4n) is 7.36. The highest BCUT2D eigenvalue weighted by Crippen LogP contribution is 2.75. The largest absolute Gasteiger partial charge is 0.433 e. The van der Waals surface area contributed by atoms with Crippen molar-refractivity contribution in [1.82, 2.24) is 4.03 Å². The normalized spacial score (nSPS) is 39.6. The van der Waals surface area contributed by atoms with Crippen LogP contribution in [0.4, 0.5) is 26.3 Å². The van der Waals surface area contributed by atoms with Crippen LogP contribution in [-0.2, 0) is 0 Å². The Morgan fingerprint density at radius 3 is 2.07 bits per heavy atom. The highest BCUT2D eigenvalue weighted by Gasteiger charge is 2.70. The molecule has 6 rings (SSSR count). The van der Waals surface area contributed by atoms with Crippen LogP contribution in [0.5, 0.6) is 0 Å². The molecule has 4 aliphatic carbocycles. The van der Waals surface area contributed by atoms with E-state index >= 15 is 0 Å². The van der Waals surface area contributed by atoms with E-state index < -0.39 is 41.5 Å². The molecule has 4 bridgehead atoms. The Bertz CT molecular complexity index is 980. The number of nitrogens with zero attached hydrogens (tertiary/aromatic N) is 2. The predicted octanol–water partition coefficient (Wildman–Crippen LogP) is 6.13. The molecule has 1 aromatic rings. The van der Waals surface area contributed by atoms with Gasteiger partial charge in [-0.25, -0.2) is 0 Å². The third kappa shape index (κ3) is 2.17. The summed E-state index contributed by atoms with van der Waals surface area (Å²) in [5.41, 5.74) is 0.0920. The van der Waals surface area contributed by atoms with Crippen molar-refractivity contribution in [2.45, 2.75) is 37.0 Å². The summed E-state index contributed by atoms with van der Waals surface area (Å²) in [6.45, 7) is 0.